The maximum absolute atomic E-state index is 10.2. The Morgan fingerprint density at radius 3 is 2.42 bits per heavy atom. The lowest BCUT2D eigenvalue weighted by molar-refractivity contribution is 0.108. The van der Waals surface area contributed by atoms with Gasteiger partial charge in [0.05, 0.1) is 0 Å². The Bertz CT molecular complexity index is 776. The molecular formula is C19H18N2O3. The molecule has 5 nitrogen and oxygen atoms in total. The molecule has 3 aromatic rings. The van der Waals surface area contributed by atoms with Crippen LogP contribution < -0.4 is 9.47 Å². The Balaban J connectivity index is 1.61. The van der Waals surface area contributed by atoms with Crippen LogP contribution in [0.25, 0.3) is 0 Å². The molecule has 0 aliphatic heterocycles. The van der Waals surface area contributed by atoms with E-state index in [4.69, 9.17) is 9.47 Å². The van der Waals surface area contributed by atoms with Gasteiger partial charge in [-0.3, -0.25) is 0 Å². The van der Waals surface area contributed by atoms with Gasteiger partial charge in [0.25, 0.3) is 0 Å². The number of aryl methyl sites for hydroxylation is 1. The Morgan fingerprint density at radius 2 is 1.67 bits per heavy atom. The number of aliphatic hydroxyl groups is 1. The number of aliphatic hydroxyl groups excluding tert-OH is 1. The summed E-state index contributed by atoms with van der Waals surface area (Å²) in [7, 11) is 0. The Kier molecular flexibility index (Phi) is 5.03. The predicted molar refractivity (Wildman–Crippen MR) is 90.2 cm³/mol. The number of benzene rings is 2. The van der Waals surface area contributed by atoms with Gasteiger partial charge >= 0.3 is 6.01 Å². The number of aromatic nitrogens is 2. The maximum Gasteiger partial charge on any atom is 0.321 e. The monoisotopic (exact) mass is 322 g/mol. The first-order valence-corrected chi connectivity index (χ1v) is 7.63. The molecule has 1 aromatic heterocycles. The van der Waals surface area contributed by atoms with Crippen LogP contribution in [0.5, 0.6) is 17.5 Å². The summed E-state index contributed by atoms with van der Waals surface area (Å²) in [6.07, 6.45) is 2.54. The fourth-order valence-corrected chi connectivity index (χ4v) is 2.13. The Hall–Kier alpha value is -2.92. The number of nitrogens with zero attached hydrogens (tertiary/aromatic N) is 2. The first-order valence-electron chi connectivity index (χ1n) is 7.63. The van der Waals surface area contributed by atoms with Crippen molar-refractivity contribution < 1.29 is 14.6 Å². The molecule has 1 heterocycles. The highest BCUT2D eigenvalue weighted by atomic mass is 16.5. The molecule has 0 amide bonds. The van der Waals surface area contributed by atoms with Crippen molar-refractivity contribution in [2.24, 2.45) is 0 Å². The van der Waals surface area contributed by atoms with Gasteiger partial charge in [0, 0.05) is 18.5 Å². The highest BCUT2D eigenvalue weighted by molar-refractivity contribution is 5.34. The lowest BCUT2D eigenvalue weighted by Gasteiger charge is -2.13. The van der Waals surface area contributed by atoms with E-state index in [1.54, 1.807) is 36.7 Å². The minimum atomic E-state index is -0.687. The molecule has 122 valence electrons. The van der Waals surface area contributed by atoms with E-state index in [0.29, 0.717) is 11.5 Å². The number of hydrogen-bond donors (Lipinski definition) is 1. The van der Waals surface area contributed by atoms with E-state index in [0.717, 1.165) is 11.1 Å². The number of rotatable bonds is 6. The predicted octanol–water partition coefficient (Wildman–Crippen LogP) is 3.69. The molecule has 0 radical (unpaired) electrons. The molecule has 0 aliphatic carbocycles. The van der Waals surface area contributed by atoms with Crippen molar-refractivity contribution in [1.29, 1.82) is 0 Å². The van der Waals surface area contributed by atoms with Crippen LogP contribution in [-0.2, 0) is 0 Å². The van der Waals surface area contributed by atoms with Crippen LogP contribution >= 0.6 is 0 Å². The molecule has 1 unspecified atom stereocenters. The summed E-state index contributed by atoms with van der Waals surface area (Å²) in [5.41, 5.74) is 1.98. The van der Waals surface area contributed by atoms with Gasteiger partial charge in [0.2, 0.25) is 0 Å². The SMILES string of the molecule is Cc1ccc(C(O)COc2cccc(Oc3ncccn3)c2)cc1. The zero-order valence-electron chi connectivity index (χ0n) is 13.3. The van der Waals surface area contributed by atoms with Crippen LogP contribution in [0.2, 0.25) is 0 Å². The van der Waals surface area contributed by atoms with Gasteiger partial charge in [-0.2, -0.15) is 0 Å². The summed E-state index contributed by atoms with van der Waals surface area (Å²) in [5.74, 6) is 1.18. The summed E-state index contributed by atoms with van der Waals surface area (Å²) >= 11 is 0. The molecule has 1 atom stereocenters. The second-order valence-corrected chi connectivity index (χ2v) is 5.35. The molecule has 0 saturated carbocycles. The van der Waals surface area contributed by atoms with Crippen molar-refractivity contribution in [3.05, 3.63) is 78.1 Å². The average molecular weight is 322 g/mol. The van der Waals surface area contributed by atoms with Gasteiger partial charge in [-0.15, -0.1) is 0 Å². The second-order valence-electron chi connectivity index (χ2n) is 5.35. The summed E-state index contributed by atoms with van der Waals surface area (Å²) in [6.45, 7) is 2.17. The third-order valence-electron chi connectivity index (χ3n) is 3.43. The van der Waals surface area contributed by atoms with Gasteiger partial charge in [0.15, 0.2) is 0 Å². The Morgan fingerprint density at radius 1 is 0.958 bits per heavy atom. The third kappa shape index (κ3) is 4.30. The number of hydrogen-bond acceptors (Lipinski definition) is 5. The van der Waals surface area contributed by atoms with Crippen molar-refractivity contribution in [3.63, 3.8) is 0 Å². The van der Waals surface area contributed by atoms with Gasteiger partial charge in [0.1, 0.15) is 24.2 Å². The fraction of sp³-hybridized carbons (Fsp3) is 0.158. The minimum absolute atomic E-state index is 0.161. The summed E-state index contributed by atoms with van der Waals surface area (Å²) in [6, 6.07) is 16.9. The van der Waals surface area contributed by atoms with Gasteiger partial charge in [-0.1, -0.05) is 35.9 Å². The quantitative estimate of drug-likeness (QED) is 0.750. The van der Waals surface area contributed by atoms with E-state index >= 15 is 0 Å². The minimum Gasteiger partial charge on any atom is -0.490 e. The van der Waals surface area contributed by atoms with Crippen LogP contribution in [0.3, 0.4) is 0 Å². The van der Waals surface area contributed by atoms with Crippen molar-refractivity contribution >= 4 is 0 Å². The Labute approximate surface area is 140 Å². The number of ether oxygens (including phenoxy) is 2. The van der Waals surface area contributed by atoms with Crippen molar-refractivity contribution in [2.75, 3.05) is 6.61 Å². The van der Waals surface area contributed by atoms with Crippen LogP contribution in [-0.4, -0.2) is 21.7 Å². The van der Waals surface area contributed by atoms with Gasteiger partial charge < -0.3 is 14.6 Å². The third-order valence-corrected chi connectivity index (χ3v) is 3.43. The molecular weight excluding hydrogens is 304 g/mol. The van der Waals surface area contributed by atoms with Crippen molar-refractivity contribution in [3.8, 4) is 17.5 Å². The second kappa shape index (κ2) is 7.57. The zero-order chi connectivity index (χ0) is 16.8. The molecule has 3 rings (SSSR count). The molecule has 0 saturated heterocycles. The smallest absolute Gasteiger partial charge is 0.321 e. The summed E-state index contributed by atoms with van der Waals surface area (Å²) < 4.78 is 11.2. The maximum atomic E-state index is 10.2. The van der Waals surface area contributed by atoms with E-state index in [-0.39, 0.29) is 12.6 Å². The van der Waals surface area contributed by atoms with E-state index < -0.39 is 6.10 Å². The summed E-state index contributed by atoms with van der Waals surface area (Å²) in [5, 5.41) is 10.2. The molecule has 0 fully saturated rings. The van der Waals surface area contributed by atoms with Crippen LogP contribution in [0, 0.1) is 6.92 Å². The molecule has 5 heteroatoms. The van der Waals surface area contributed by atoms with E-state index in [2.05, 4.69) is 9.97 Å². The lowest BCUT2D eigenvalue weighted by atomic mass is 10.1. The summed E-state index contributed by atoms with van der Waals surface area (Å²) in [4.78, 5) is 8.02. The highest BCUT2D eigenvalue weighted by Crippen LogP contribution is 2.24. The van der Waals surface area contributed by atoms with E-state index in [9.17, 15) is 5.11 Å². The fourth-order valence-electron chi connectivity index (χ4n) is 2.13. The first kappa shape index (κ1) is 16.0. The molecule has 24 heavy (non-hydrogen) atoms. The molecule has 2 aromatic carbocycles. The zero-order valence-corrected chi connectivity index (χ0v) is 13.3. The molecule has 1 N–H and O–H groups in total. The van der Waals surface area contributed by atoms with Crippen molar-refractivity contribution in [2.45, 2.75) is 13.0 Å². The van der Waals surface area contributed by atoms with Crippen LogP contribution in [0.15, 0.2) is 67.0 Å². The topological polar surface area (TPSA) is 64.5 Å². The lowest BCUT2D eigenvalue weighted by Crippen LogP contribution is -2.09. The van der Waals surface area contributed by atoms with E-state index in [1.807, 2.05) is 37.3 Å². The highest BCUT2D eigenvalue weighted by Gasteiger charge is 2.09. The van der Waals surface area contributed by atoms with Crippen LogP contribution in [0.4, 0.5) is 0 Å². The van der Waals surface area contributed by atoms with Gasteiger partial charge in [-0.05, 0) is 30.7 Å². The molecule has 0 bridgehead atoms. The molecule has 0 spiro atoms. The molecule has 0 aliphatic rings. The average Bonchev–Trinajstić information content (AvgIpc) is 2.61. The first-order chi connectivity index (χ1) is 11.7. The van der Waals surface area contributed by atoms with E-state index in [1.165, 1.54) is 0 Å². The van der Waals surface area contributed by atoms with Crippen molar-refractivity contribution in [1.82, 2.24) is 9.97 Å². The standard InChI is InChI=1S/C19H18N2O3/c1-14-6-8-15(9-7-14)18(22)13-23-16-4-2-5-17(12-16)24-19-20-10-3-11-21-19/h2-12,18,22H,13H2,1H3. The normalized spacial score (nSPS) is 11.8. The van der Waals surface area contributed by atoms with Crippen LogP contribution in [0.1, 0.15) is 17.2 Å². The van der Waals surface area contributed by atoms with Gasteiger partial charge in [-0.25, -0.2) is 9.97 Å². The largest absolute Gasteiger partial charge is 0.490 e.